The third-order valence-electron chi connectivity index (χ3n) is 5.74. The van der Waals surface area contributed by atoms with Gasteiger partial charge in [-0.15, -0.1) is 5.10 Å². The van der Waals surface area contributed by atoms with Crippen molar-refractivity contribution >= 4 is 11.8 Å². The third-order valence-corrected chi connectivity index (χ3v) is 5.74. The van der Waals surface area contributed by atoms with E-state index in [1.165, 1.54) is 4.90 Å². The monoisotopic (exact) mass is 455 g/mol. The van der Waals surface area contributed by atoms with Crippen LogP contribution in [0.15, 0.2) is 24.3 Å². The molecule has 1 N–H and O–H groups in total. The van der Waals surface area contributed by atoms with Crippen molar-refractivity contribution in [2.45, 2.75) is 45.8 Å². The molecule has 32 heavy (non-hydrogen) atoms. The van der Waals surface area contributed by atoms with Gasteiger partial charge in [0, 0.05) is 25.0 Å². The number of carbonyl (C=O) groups is 2. The lowest BCUT2D eigenvalue weighted by Crippen LogP contribution is -2.46. The van der Waals surface area contributed by atoms with Crippen LogP contribution in [0.5, 0.6) is 0 Å². The number of rotatable bonds is 5. The molecule has 2 heterocycles. The van der Waals surface area contributed by atoms with E-state index >= 15 is 0 Å². The number of benzene rings is 1. The van der Waals surface area contributed by atoms with Gasteiger partial charge in [0.15, 0.2) is 11.4 Å². The van der Waals surface area contributed by atoms with Crippen molar-refractivity contribution in [3.05, 3.63) is 41.5 Å². The fourth-order valence-corrected chi connectivity index (χ4v) is 3.45. The van der Waals surface area contributed by atoms with E-state index < -0.39 is 29.3 Å². The predicted octanol–water partition coefficient (Wildman–Crippen LogP) is 3.44. The van der Waals surface area contributed by atoms with Gasteiger partial charge in [-0.2, -0.15) is 13.2 Å². The molecule has 1 aliphatic rings. The van der Waals surface area contributed by atoms with Crippen LogP contribution in [-0.4, -0.2) is 50.8 Å². The van der Waals surface area contributed by atoms with Crippen molar-refractivity contribution in [3.8, 4) is 5.69 Å². The van der Waals surface area contributed by atoms with E-state index in [1.54, 1.807) is 0 Å². The second-order valence-corrected chi connectivity index (χ2v) is 8.28. The van der Waals surface area contributed by atoms with Crippen LogP contribution in [0, 0.1) is 17.7 Å². The summed E-state index contributed by atoms with van der Waals surface area (Å²) in [7, 11) is 0. The van der Waals surface area contributed by atoms with Gasteiger partial charge in [0.05, 0.1) is 5.69 Å². The summed E-state index contributed by atoms with van der Waals surface area (Å²) in [4.78, 5) is 26.5. The molecule has 7 nitrogen and oxygen atoms in total. The molecule has 3 rings (SSSR count). The van der Waals surface area contributed by atoms with Gasteiger partial charge in [-0.3, -0.25) is 9.59 Å². The van der Waals surface area contributed by atoms with Crippen molar-refractivity contribution in [2.24, 2.45) is 11.8 Å². The molecule has 0 saturated carbocycles. The highest BCUT2D eigenvalue weighted by Crippen LogP contribution is 2.33. The highest BCUT2D eigenvalue weighted by molar-refractivity contribution is 5.94. The van der Waals surface area contributed by atoms with Gasteiger partial charge in [0.2, 0.25) is 5.91 Å². The smallest absolute Gasteiger partial charge is 0.353 e. The predicted molar refractivity (Wildman–Crippen MR) is 107 cm³/mol. The molecular formula is C21H25F4N5O2. The maximum absolute atomic E-state index is 13.8. The quantitative estimate of drug-likeness (QED) is 0.701. The number of nitrogens with zero attached hydrogens (tertiary/aromatic N) is 4. The van der Waals surface area contributed by atoms with E-state index in [4.69, 9.17) is 0 Å². The first-order valence-electron chi connectivity index (χ1n) is 10.4. The van der Waals surface area contributed by atoms with Crippen LogP contribution in [0.2, 0.25) is 0 Å². The molecule has 1 aliphatic heterocycles. The molecule has 2 amide bonds. The molecule has 1 fully saturated rings. The molecule has 1 aromatic heterocycles. The number of alkyl halides is 3. The third kappa shape index (κ3) is 5.08. The zero-order valence-corrected chi connectivity index (χ0v) is 18.0. The average Bonchev–Trinajstić information content (AvgIpc) is 3.19. The molecule has 1 atom stereocenters. The normalized spacial score (nSPS) is 16.3. The Labute approximate surface area is 182 Å². The Morgan fingerprint density at radius 3 is 2.22 bits per heavy atom. The summed E-state index contributed by atoms with van der Waals surface area (Å²) in [5, 5.41) is 9.94. The molecule has 2 aromatic rings. The number of likely N-dealkylation sites (tertiary alicyclic amines) is 1. The van der Waals surface area contributed by atoms with Crippen molar-refractivity contribution < 1.29 is 27.2 Å². The summed E-state index contributed by atoms with van der Waals surface area (Å²) in [5.41, 5.74) is -2.21. The lowest BCUT2D eigenvalue weighted by Gasteiger charge is -2.32. The van der Waals surface area contributed by atoms with Crippen LogP contribution in [0.4, 0.5) is 17.6 Å². The summed E-state index contributed by atoms with van der Waals surface area (Å²) in [6, 6.07) is 4.23. The standard InChI is InChI=1S/C21H25F4N5O2/c1-12(2)13(3)26-19(31)14-8-10-29(11-9-14)20(32)17-18(21(23,24)25)30(28-27-17)16-6-4-15(22)5-7-16/h4-7,12-14H,8-11H2,1-3H3,(H,26,31). The van der Waals surface area contributed by atoms with Crippen LogP contribution in [-0.2, 0) is 11.0 Å². The number of piperidine rings is 1. The molecule has 0 bridgehead atoms. The van der Waals surface area contributed by atoms with Crippen LogP contribution in [0.3, 0.4) is 0 Å². The second kappa shape index (κ2) is 9.25. The summed E-state index contributed by atoms with van der Waals surface area (Å²) in [6.07, 6.45) is -4.22. The Hall–Kier alpha value is -2.98. The van der Waals surface area contributed by atoms with Crippen LogP contribution >= 0.6 is 0 Å². The van der Waals surface area contributed by atoms with E-state index in [0.29, 0.717) is 17.5 Å². The minimum Gasteiger partial charge on any atom is -0.353 e. The van der Waals surface area contributed by atoms with Crippen molar-refractivity contribution in [2.75, 3.05) is 13.1 Å². The molecule has 174 valence electrons. The SMILES string of the molecule is CC(C)C(C)NC(=O)C1CCN(C(=O)c2nnn(-c3ccc(F)cc3)c2C(F)(F)F)CC1. The zero-order chi connectivity index (χ0) is 23.6. The van der Waals surface area contributed by atoms with Gasteiger partial charge >= 0.3 is 6.18 Å². The van der Waals surface area contributed by atoms with Gasteiger partial charge in [0.1, 0.15) is 5.82 Å². The largest absolute Gasteiger partial charge is 0.435 e. The number of hydrogen-bond acceptors (Lipinski definition) is 4. The van der Waals surface area contributed by atoms with E-state index in [1.807, 2.05) is 20.8 Å². The number of amides is 2. The maximum Gasteiger partial charge on any atom is 0.435 e. The number of carbonyl (C=O) groups excluding carboxylic acids is 2. The summed E-state index contributed by atoms with van der Waals surface area (Å²) >= 11 is 0. The minimum atomic E-state index is -4.91. The van der Waals surface area contributed by atoms with E-state index in [2.05, 4.69) is 15.6 Å². The Kier molecular flexibility index (Phi) is 6.85. The van der Waals surface area contributed by atoms with Gasteiger partial charge in [0.25, 0.3) is 5.91 Å². The van der Waals surface area contributed by atoms with Crippen molar-refractivity contribution in [1.82, 2.24) is 25.2 Å². The average molecular weight is 455 g/mol. The molecule has 0 aliphatic carbocycles. The summed E-state index contributed by atoms with van der Waals surface area (Å²) in [6.45, 7) is 6.15. The Bertz CT molecular complexity index is 964. The van der Waals surface area contributed by atoms with E-state index in [-0.39, 0.29) is 42.6 Å². The Balaban J connectivity index is 1.76. The first kappa shape index (κ1) is 23.7. The first-order valence-corrected chi connectivity index (χ1v) is 10.4. The van der Waals surface area contributed by atoms with Crippen molar-refractivity contribution in [3.63, 3.8) is 0 Å². The molecule has 0 radical (unpaired) electrons. The van der Waals surface area contributed by atoms with Crippen molar-refractivity contribution in [1.29, 1.82) is 0 Å². The second-order valence-electron chi connectivity index (χ2n) is 8.28. The topological polar surface area (TPSA) is 80.1 Å². The summed E-state index contributed by atoms with van der Waals surface area (Å²) in [5.74, 6) is -1.67. The fourth-order valence-electron chi connectivity index (χ4n) is 3.45. The van der Waals surface area contributed by atoms with Gasteiger partial charge in [-0.1, -0.05) is 19.1 Å². The molecule has 0 spiro atoms. The number of hydrogen-bond donors (Lipinski definition) is 1. The molecular weight excluding hydrogens is 430 g/mol. The number of nitrogens with one attached hydrogen (secondary N) is 1. The fraction of sp³-hybridized carbons (Fsp3) is 0.524. The number of aromatic nitrogens is 3. The first-order chi connectivity index (χ1) is 15.0. The lowest BCUT2D eigenvalue weighted by molar-refractivity contribution is -0.143. The maximum atomic E-state index is 13.8. The lowest BCUT2D eigenvalue weighted by atomic mass is 9.94. The van der Waals surface area contributed by atoms with E-state index in [0.717, 1.165) is 24.3 Å². The molecule has 11 heteroatoms. The molecule has 1 saturated heterocycles. The highest BCUT2D eigenvalue weighted by Gasteiger charge is 2.43. The Morgan fingerprint density at radius 2 is 1.69 bits per heavy atom. The van der Waals surface area contributed by atoms with Gasteiger partial charge in [-0.25, -0.2) is 9.07 Å². The van der Waals surface area contributed by atoms with Crippen LogP contribution < -0.4 is 5.32 Å². The Morgan fingerprint density at radius 1 is 1.09 bits per heavy atom. The molecule has 1 unspecified atom stereocenters. The van der Waals surface area contributed by atoms with Crippen LogP contribution in [0.25, 0.3) is 5.69 Å². The minimum absolute atomic E-state index is 0.00185. The van der Waals surface area contributed by atoms with Crippen LogP contribution in [0.1, 0.15) is 49.8 Å². The van der Waals surface area contributed by atoms with Gasteiger partial charge < -0.3 is 10.2 Å². The van der Waals surface area contributed by atoms with E-state index in [9.17, 15) is 27.2 Å². The highest BCUT2D eigenvalue weighted by atomic mass is 19.4. The zero-order valence-electron chi connectivity index (χ0n) is 18.0. The summed E-state index contributed by atoms with van der Waals surface area (Å²) < 4.78 is 55.0. The molecule has 1 aromatic carbocycles. The number of halogens is 4. The van der Waals surface area contributed by atoms with Gasteiger partial charge in [-0.05, 0) is 49.9 Å².